The third-order valence-electron chi connectivity index (χ3n) is 6.70. The maximum absolute atomic E-state index is 12.9. The Balaban J connectivity index is 1.65. The highest BCUT2D eigenvalue weighted by Gasteiger charge is 2.35. The number of carbonyl (C=O) groups excluding carboxylic acids is 1. The first-order chi connectivity index (χ1) is 14.6. The van der Waals surface area contributed by atoms with E-state index in [1.54, 1.807) is 11.0 Å². The van der Waals surface area contributed by atoms with Crippen LogP contribution in [0.1, 0.15) is 61.0 Å². The van der Waals surface area contributed by atoms with Gasteiger partial charge in [0.05, 0.1) is 0 Å². The number of amides is 1. The summed E-state index contributed by atoms with van der Waals surface area (Å²) in [6.45, 7) is 5.31. The third kappa shape index (κ3) is 3.08. The maximum Gasteiger partial charge on any atom is 0.253 e. The van der Waals surface area contributed by atoms with Crippen molar-refractivity contribution in [3.8, 4) is 17.2 Å². The van der Waals surface area contributed by atoms with E-state index in [4.69, 9.17) is 4.74 Å². The van der Waals surface area contributed by atoms with Crippen LogP contribution in [0.3, 0.4) is 0 Å². The second-order valence-corrected chi connectivity index (χ2v) is 8.47. The molecule has 2 unspecified atom stereocenters. The number of nitrogens with one attached hydrogen (secondary N) is 1. The normalized spacial score (nSPS) is 21.7. The standard InChI is InChI=1S/C25H28N2O3/c1-3-27(4-2)25(29)15-8-11-19-22(14-15)30-24-20(6-5-7-21(24)28)23(19)16-12-17-9-10-18(13-16)26-17/h5-8,11,14,17-18,26,28H,3-4,9-10,12-13H2,1-2H3. The first-order valence-electron chi connectivity index (χ1n) is 11.0. The van der Waals surface area contributed by atoms with E-state index in [9.17, 15) is 9.90 Å². The van der Waals surface area contributed by atoms with Gasteiger partial charge in [-0.05, 0) is 69.4 Å². The largest absolute Gasteiger partial charge is 0.504 e. The number of aromatic hydroxyl groups is 1. The molecule has 2 N–H and O–H groups in total. The van der Waals surface area contributed by atoms with E-state index in [0.717, 1.165) is 24.0 Å². The summed E-state index contributed by atoms with van der Waals surface area (Å²) in [6.07, 6.45) is 4.46. The molecule has 1 amide bonds. The van der Waals surface area contributed by atoms with Gasteiger partial charge in [-0.2, -0.15) is 0 Å². The van der Waals surface area contributed by atoms with Crippen molar-refractivity contribution >= 4 is 11.5 Å². The van der Waals surface area contributed by atoms with Crippen molar-refractivity contribution in [3.05, 3.63) is 58.7 Å². The smallest absolute Gasteiger partial charge is 0.253 e. The molecule has 3 aliphatic rings. The number of hydrogen-bond donors (Lipinski definition) is 2. The molecule has 2 aromatic rings. The number of ether oxygens (including phenoxy) is 1. The van der Waals surface area contributed by atoms with Crippen LogP contribution in [0.4, 0.5) is 0 Å². The summed E-state index contributed by atoms with van der Waals surface area (Å²) in [7, 11) is 0. The van der Waals surface area contributed by atoms with Crippen molar-refractivity contribution in [2.75, 3.05) is 13.1 Å². The summed E-state index contributed by atoms with van der Waals surface area (Å²) in [6, 6.07) is 12.4. The summed E-state index contributed by atoms with van der Waals surface area (Å²) >= 11 is 0. The molecular weight excluding hydrogens is 376 g/mol. The molecule has 0 saturated carbocycles. The van der Waals surface area contributed by atoms with E-state index in [1.807, 2.05) is 44.2 Å². The van der Waals surface area contributed by atoms with Crippen LogP contribution >= 0.6 is 0 Å². The van der Waals surface area contributed by atoms with Crippen LogP contribution in [0.25, 0.3) is 5.57 Å². The molecule has 5 heteroatoms. The Hall–Kier alpha value is -2.79. The van der Waals surface area contributed by atoms with Gasteiger partial charge in [-0.15, -0.1) is 0 Å². The highest BCUT2D eigenvalue weighted by Crippen LogP contribution is 2.50. The summed E-state index contributed by atoms with van der Waals surface area (Å²) in [4.78, 5) is 14.7. The molecule has 2 saturated heterocycles. The number of phenols is 1. The zero-order valence-corrected chi connectivity index (χ0v) is 17.6. The Bertz CT molecular complexity index is 1020. The van der Waals surface area contributed by atoms with Gasteiger partial charge in [-0.25, -0.2) is 0 Å². The molecule has 0 spiro atoms. The van der Waals surface area contributed by atoms with E-state index >= 15 is 0 Å². The Morgan fingerprint density at radius 3 is 2.53 bits per heavy atom. The minimum absolute atomic E-state index is 0.00333. The van der Waals surface area contributed by atoms with Crippen LogP contribution in [-0.4, -0.2) is 41.1 Å². The van der Waals surface area contributed by atoms with Crippen molar-refractivity contribution < 1.29 is 14.6 Å². The molecule has 2 aromatic carbocycles. The first-order valence-corrected chi connectivity index (χ1v) is 11.0. The molecule has 30 heavy (non-hydrogen) atoms. The van der Waals surface area contributed by atoms with Crippen molar-refractivity contribution in [3.63, 3.8) is 0 Å². The molecule has 3 aliphatic heterocycles. The van der Waals surface area contributed by atoms with Gasteiger partial charge < -0.3 is 20.1 Å². The number of phenolic OH excluding ortho intramolecular Hbond substituents is 1. The Labute approximate surface area is 177 Å². The predicted molar refractivity (Wildman–Crippen MR) is 117 cm³/mol. The predicted octanol–water partition coefficient (Wildman–Crippen LogP) is 4.70. The molecule has 5 nitrogen and oxygen atoms in total. The number of hydrogen-bond acceptors (Lipinski definition) is 4. The molecule has 2 atom stereocenters. The van der Waals surface area contributed by atoms with Crippen LogP contribution in [0.2, 0.25) is 0 Å². The average molecular weight is 405 g/mol. The minimum atomic E-state index is 0.00333. The number of piperidine rings is 1. The lowest BCUT2D eigenvalue weighted by molar-refractivity contribution is 0.0772. The van der Waals surface area contributed by atoms with E-state index < -0.39 is 0 Å². The van der Waals surface area contributed by atoms with Gasteiger partial charge in [0.25, 0.3) is 5.91 Å². The fourth-order valence-electron chi connectivity index (χ4n) is 5.21. The van der Waals surface area contributed by atoms with E-state index in [0.29, 0.717) is 42.2 Å². The van der Waals surface area contributed by atoms with Crippen molar-refractivity contribution in [1.29, 1.82) is 0 Å². The van der Waals surface area contributed by atoms with Gasteiger partial charge in [0.2, 0.25) is 0 Å². The van der Waals surface area contributed by atoms with Gasteiger partial charge in [0.15, 0.2) is 11.5 Å². The fraction of sp³-hybridized carbons (Fsp3) is 0.400. The van der Waals surface area contributed by atoms with Crippen molar-refractivity contribution in [1.82, 2.24) is 10.2 Å². The minimum Gasteiger partial charge on any atom is -0.504 e. The number of fused-ring (bicyclic) bond motifs is 4. The van der Waals surface area contributed by atoms with E-state index in [-0.39, 0.29) is 11.7 Å². The monoisotopic (exact) mass is 404 g/mol. The lowest BCUT2D eigenvalue weighted by atomic mass is 9.84. The molecule has 5 rings (SSSR count). The van der Waals surface area contributed by atoms with Gasteiger partial charge in [-0.3, -0.25) is 4.79 Å². The summed E-state index contributed by atoms with van der Waals surface area (Å²) < 4.78 is 6.17. The number of para-hydroxylation sites is 1. The van der Waals surface area contributed by atoms with E-state index in [2.05, 4.69) is 5.32 Å². The lowest BCUT2D eigenvalue weighted by Gasteiger charge is -2.31. The van der Waals surface area contributed by atoms with E-state index in [1.165, 1.54) is 24.0 Å². The van der Waals surface area contributed by atoms with Gasteiger partial charge in [-0.1, -0.05) is 17.7 Å². The average Bonchev–Trinajstić information content (AvgIpc) is 3.10. The van der Waals surface area contributed by atoms with Crippen LogP contribution in [0.5, 0.6) is 17.2 Å². The molecule has 0 aliphatic carbocycles. The summed E-state index contributed by atoms with van der Waals surface area (Å²) in [5.74, 6) is 1.28. The molecule has 3 heterocycles. The highest BCUT2D eigenvalue weighted by atomic mass is 16.5. The molecule has 2 fully saturated rings. The zero-order chi connectivity index (χ0) is 20.8. The van der Waals surface area contributed by atoms with Crippen LogP contribution in [0.15, 0.2) is 42.0 Å². The third-order valence-corrected chi connectivity index (χ3v) is 6.70. The van der Waals surface area contributed by atoms with Crippen molar-refractivity contribution in [2.24, 2.45) is 0 Å². The zero-order valence-electron chi connectivity index (χ0n) is 17.6. The number of benzene rings is 2. The lowest BCUT2D eigenvalue weighted by Crippen LogP contribution is -2.35. The highest BCUT2D eigenvalue weighted by molar-refractivity contribution is 5.97. The molecule has 156 valence electrons. The second-order valence-electron chi connectivity index (χ2n) is 8.47. The quantitative estimate of drug-likeness (QED) is 0.664. The SMILES string of the molecule is CCN(CC)C(=O)c1ccc2c(c1)Oc1c(O)cccc1C2=C1CC2CCC(C1)N2. The number of nitrogens with zero attached hydrogens (tertiary/aromatic N) is 1. The Morgan fingerprint density at radius 1 is 1.10 bits per heavy atom. The topological polar surface area (TPSA) is 61.8 Å². The van der Waals surface area contributed by atoms with Gasteiger partial charge in [0.1, 0.15) is 5.75 Å². The van der Waals surface area contributed by atoms with Gasteiger partial charge >= 0.3 is 0 Å². The van der Waals surface area contributed by atoms with Crippen LogP contribution in [0, 0.1) is 0 Å². The molecule has 2 bridgehead atoms. The summed E-state index contributed by atoms with van der Waals surface area (Å²) in [5, 5.41) is 14.2. The Kier molecular flexibility index (Phi) is 4.78. The molecule has 0 radical (unpaired) electrons. The summed E-state index contributed by atoms with van der Waals surface area (Å²) in [5.41, 5.74) is 5.16. The van der Waals surface area contributed by atoms with Crippen LogP contribution in [-0.2, 0) is 0 Å². The second kappa shape index (κ2) is 7.47. The number of carbonyl (C=O) groups is 1. The van der Waals surface area contributed by atoms with Crippen LogP contribution < -0.4 is 10.1 Å². The first kappa shape index (κ1) is 19.2. The van der Waals surface area contributed by atoms with Gasteiger partial charge in [0, 0.05) is 41.9 Å². The maximum atomic E-state index is 12.9. The fourth-order valence-corrected chi connectivity index (χ4v) is 5.21. The molecular formula is C25H28N2O3. The number of rotatable bonds is 3. The Morgan fingerprint density at radius 2 is 1.83 bits per heavy atom. The van der Waals surface area contributed by atoms with Crippen molar-refractivity contribution in [2.45, 2.75) is 51.6 Å². The molecule has 0 aromatic heterocycles.